The van der Waals surface area contributed by atoms with Crippen molar-refractivity contribution in [2.75, 3.05) is 0 Å². The quantitative estimate of drug-likeness (QED) is 0.925. The molecule has 16 heavy (non-hydrogen) atoms. The van der Waals surface area contributed by atoms with Gasteiger partial charge in [-0.1, -0.05) is 23.2 Å². The zero-order valence-electron chi connectivity index (χ0n) is 8.23. The van der Waals surface area contributed by atoms with Gasteiger partial charge in [0, 0.05) is 29.3 Å². The highest BCUT2D eigenvalue weighted by Gasteiger charge is 2.13. The van der Waals surface area contributed by atoms with E-state index in [1.54, 1.807) is 12.3 Å². The normalized spacial score (nSPS) is 12.7. The third-order valence-corrected chi connectivity index (χ3v) is 3.76. The number of halogens is 2. The van der Waals surface area contributed by atoms with E-state index in [2.05, 4.69) is 4.98 Å². The summed E-state index contributed by atoms with van der Waals surface area (Å²) < 4.78 is 0.725. The van der Waals surface area contributed by atoms with Gasteiger partial charge in [0.05, 0.1) is 15.5 Å². The number of aromatic nitrogens is 1. The summed E-state index contributed by atoms with van der Waals surface area (Å²) >= 11 is 13.2. The Hall–Kier alpha value is -0.610. The van der Waals surface area contributed by atoms with E-state index >= 15 is 0 Å². The van der Waals surface area contributed by atoms with Crippen molar-refractivity contribution in [2.24, 2.45) is 0 Å². The van der Waals surface area contributed by atoms with Crippen molar-refractivity contribution in [2.45, 2.75) is 12.5 Å². The van der Waals surface area contributed by atoms with Gasteiger partial charge in [-0.05, 0) is 18.2 Å². The van der Waals surface area contributed by atoms with Gasteiger partial charge in [-0.25, -0.2) is 0 Å². The summed E-state index contributed by atoms with van der Waals surface area (Å²) in [6.07, 6.45) is 3.04. The predicted octanol–water partition coefficient (Wildman–Crippen LogP) is 3.73. The topological polar surface area (TPSA) is 33.1 Å². The lowest BCUT2D eigenvalue weighted by Gasteiger charge is -2.10. The SMILES string of the molecule is OC(Cc1ccc(Cl)s1)c1ccncc1Cl. The molecule has 0 bridgehead atoms. The number of aliphatic hydroxyl groups excluding tert-OH is 1. The van der Waals surface area contributed by atoms with Crippen LogP contribution in [-0.2, 0) is 6.42 Å². The van der Waals surface area contributed by atoms with E-state index < -0.39 is 6.10 Å². The van der Waals surface area contributed by atoms with Crippen molar-refractivity contribution in [3.63, 3.8) is 0 Å². The standard InChI is InChI=1S/C11H9Cl2NOS/c12-9-6-14-4-3-8(9)10(15)5-7-1-2-11(13)16-7/h1-4,6,10,15H,5H2. The Kier molecular flexibility index (Phi) is 3.82. The minimum Gasteiger partial charge on any atom is -0.388 e. The van der Waals surface area contributed by atoms with Gasteiger partial charge in [0.15, 0.2) is 0 Å². The first-order valence-electron chi connectivity index (χ1n) is 4.68. The van der Waals surface area contributed by atoms with Gasteiger partial charge in [0.1, 0.15) is 0 Å². The molecule has 0 radical (unpaired) electrons. The van der Waals surface area contributed by atoms with Crippen LogP contribution in [0.25, 0.3) is 0 Å². The Morgan fingerprint density at radius 1 is 1.31 bits per heavy atom. The predicted molar refractivity (Wildman–Crippen MR) is 67.2 cm³/mol. The van der Waals surface area contributed by atoms with E-state index in [-0.39, 0.29) is 0 Å². The number of thiophene rings is 1. The molecule has 0 aliphatic carbocycles. The second-order valence-electron chi connectivity index (χ2n) is 3.32. The summed E-state index contributed by atoms with van der Waals surface area (Å²) in [7, 11) is 0. The van der Waals surface area contributed by atoms with Crippen LogP contribution in [0.15, 0.2) is 30.6 Å². The monoisotopic (exact) mass is 273 g/mol. The lowest BCUT2D eigenvalue weighted by Crippen LogP contribution is -2.01. The smallest absolute Gasteiger partial charge is 0.0931 e. The molecule has 0 aromatic carbocycles. The molecule has 0 amide bonds. The molecule has 0 saturated heterocycles. The molecule has 2 nitrogen and oxygen atoms in total. The molecule has 0 spiro atoms. The molecule has 0 fully saturated rings. The molecule has 0 aliphatic rings. The molecule has 2 aromatic heterocycles. The highest BCUT2D eigenvalue weighted by molar-refractivity contribution is 7.16. The van der Waals surface area contributed by atoms with E-state index in [1.165, 1.54) is 17.5 Å². The van der Waals surface area contributed by atoms with Gasteiger partial charge in [0.2, 0.25) is 0 Å². The van der Waals surface area contributed by atoms with Crippen molar-refractivity contribution >= 4 is 34.5 Å². The Morgan fingerprint density at radius 2 is 2.12 bits per heavy atom. The molecule has 5 heteroatoms. The molecule has 1 N–H and O–H groups in total. The molecule has 1 unspecified atom stereocenters. The summed E-state index contributed by atoms with van der Waals surface area (Å²) in [5.41, 5.74) is 0.696. The van der Waals surface area contributed by atoms with Crippen LogP contribution in [0.4, 0.5) is 0 Å². The Labute approximate surface area is 107 Å². The Bertz CT molecular complexity index is 486. The summed E-state index contributed by atoms with van der Waals surface area (Å²) in [4.78, 5) is 4.91. The van der Waals surface area contributed by atoms with E-state index in [4.69, 9.17) is 23.2 Å². The summed E-state index contributed by atoms with van der Waals surface area (Å²) in [5.74, 6) is 0. The molecule has 0 aliphatic heterocycles. The fourth-order valence-electron chi connectivity index (χ4n) is 1.42. The molecule has 2 rings (SSSR count). The number of rotatable bonds is 3. The number of hydrogen-bond donors (Lipinski definition) is 1. The average Bonchev–Trinajstić information content (AvgIpc) is 2.64. The lowest BCUT2D eigenvalue weighted by atomic mass is 10.1. The maximum atomic E-state index is 10.0. The Morgan fingerprint density at radius 3 is 2.75 bits per heavy atom. The lowest BCUT2D eigenvalue weighted by molar-refractivity contribution is 0.179. The molecular weight excluding hydrogens is 265 g/mol. The van der Waals surface area contributed by atoms with Crippen LogP contribution < -0.4 is 0 Å². The van der Waals surface area contributed by atoms with Crippen molar-refractivity contribution in [1.29, 1.82) is 0 Å². The van der Waals surface area contributed by atoms with Crippen LogP contribution in [0.2, 0.25) is 9.36 Å². The van der Waals surface area contributed by atoms with Crippen LogP contribution >= 0.6 is 34.5 Å². The molecule has 2 aromatic rings. The number of pyridine rings is 1. The van der Waals surface area contributed by atoms with E-state index in [0.29, 0.717) is 17.0 Å². The summed E-state index contributed by atoms with van der Waals surface area (Å²) in [6.45, 7) is 0. The highest BCUT2D eigenvalue weighted by Crippen LogP contribution is 2.29. The van der Waals surface area contributed by atoms with Gasteiger partial charge < -0.3 is 5.11 Å². The maximum Gasteiger partial charge on any atom is 0.0931 e. The Balaban J connectivity index is 2.14. The molecule has 0 saturated carbocycles. The minimum absolute atomic E-state index is 0.484. The van der Waals surface area contributed by atoms with Crippen molar-refractivity contribution in [3.8, 4) is 0 Å². The number of hydrogen-bond acceptors (Lipinski definition) is 3. The van der Waals surface area contributed by atoms with Crippen LogP contribution in [0.1, 0.15) is 16.5 Å². The van der Waals surface area contributed by atoms with Crippen molar-refractivity contribution in [1.82, 2.24) is 4.98 Å². The highest BCUT2D eigenvalue weighted by atomic mass is 35.5. The number of nitrogens with zero attached hydrogens (tertiary/aromatic N) is 1. The average molecular weight is 274 g/mol. The van der Waals surface area contributed by atoms with Gasteiger partial charge in [0.25, 0.3) is 0 Å². The van der Waals surface area contributed by atoms with Gasteiger partial charge >= 0.3 is 0 Å². The van der Waals surface area contributed by atoms with Crippen LogP contribution in [0, 0.1) is 0 Å². The summed E-state index contributed by atoms with van der Waals surface area (Å²) in [5, 5.41) is 10.5. The fraction of sp³-hybridized carbons (Fsp3) is 0.182. The zero-order valence-corrected chi connectivity index (χ0v) is 10.6. The zero-order chi connectivity index (χ0) is 11.5. The van der Waals surface area contributed by atoms with Gasteiger partial charge in [-0.2, -0.15) is 0 Å². The third kappa shape index (κ3) is 2.74. The van der Waals surface area contributed by atoms with Crippen LogP contribution in [-0.4, -0.2) is 10.1 Å². The maximum absolute atomic E-state index is 10.0. The minimum atomic E-state index is -0.620. The largest absolute Gasteiger partial charge is 0.388 e. The molecule has 84 valence electrons. The van der Waals surface area contributed by atoms with Gasteiger partial charge in [-0.3, -0.25) is 4.98 Å². The van der Waals surface area contributed by atoms with Crippen molar-refractivity contribution in [3.05, 3.63) is 50.4 Å². The number of aliphatic hydroxyl groups is 1. The second kappa shape index (κ2) is 5.15. The van der Waals surface area contributed by atoms with E-state index in [9.17, 15) is 5.11 Å². The first-order chi connectivity index (χ1) is 7.66. The third-order valence-electron chi connectivity index (χ3n) is 2.19. The first kappa shape index (κ1) is 11.9. The van der Waals surface area contributed by atoms with E-state index in [0.717, 1.165) is 9.21 Å². The first-order valence-corrected chi connectivity index (χ1v) is 6.26. The van der Waals surface area contributed by atoms with Gasteiger partial charge in [-0.15, -0.1) is 11.3 Å². The van der Waals surface area contributed by atoms with Crippen LogP contribution in [0.5, 0.6) is 0 Å². The second-order valence-corrected chi connectivity index (χ2v) is 5.53. The van der Waals surface area contributed by atoms with E-state index in [1.807, 2.05) is 12.1 Å². The molecule has 1 atom stereocenters. The van der Waals surface area contributed by atoms with Crippen molar-refractivity contribution < 1.29 is 5.11 Å². The molecular formula is C11H9Cl2NOS. The molecule has 2 heterocycles. The fourth-order valence-corrected chi connectivity index (χ4v) is 2.79. The van der Waals surface area contributed by atoms with Crippen LogP contribution in [0.3, 0.4) is 0 Å². The summed E-state index contributed by atoms with van der Waals surface area (Å²) in [6, 6.07) is 5.45.